The minimum absolute atomic E-state index is 0.116. The van der Waals surface area contributed by atoms with E-state index in [0.717, 1.165) is 29.5 Å². The maximum Gasteiger partial charge on any atom is 0.338 e. The van der Waals surface area contributed by atoms with Crippen molar-refractivity contribution in [1.29, 1.82) is 0 Å². The Morgan fingerprint density at radius 2 is 1.79 bits per heavy atom. The Morgan fingerprint density at radius 3 is 2.38 bits per heavy atom. The molecule has 0 unspecified atom stereocenters. The summed E-state index contributed by atoms with van der Waals surface area (Å²) in [5.41, 5.74) is 1.34. The van der Waals surface area contributed by atoms with Crippen LogP contribution in [-0.4, -0.2) is 31.6 Å². The second kappa shape index (κ2) is 8.66. The number of nitrogens with zero attached hydrogens (tertiary/aromatic N) is 1. The topological polar surface area (TPSA) is 106 Å². The number of hydrogen-bond donors (Lipinski definition) is 2. The van der Waals surface area contributed by atoms with E-state index in [9.17, 15) is 17.6 Å². The fourth-order valence-electron chi connectivity index (χ4n) is 5.32. The van der Waals surface area contributed by atoms with Crippen LogP contribution in [-0.2, 0) is 10.0 Å². The second-order valence-corrected chi connectivity index (χ2v) is 11.2. The van der Waals surface area contributed by atoms with Gasteiger partial charge in [0.15, 0.2) is 5.03 Å². The van der Waals surface area contributed by atoms with Gasteiger partial charge >= 0.3 is 5.97 Å². The van der Waals surface area contributed by atoms with Crippen LogP contribution < -0.4 is 9.46 Å². The van der Waals surface area contributed by atoms with Crippen molar-refractivity contribution in [2.45, 2.75) is 36.6 Å². The van der Waals surface area contributed by atoms with Gasteiger partial charge in [-0.05, 0) is 55.1 Å². The lowest BCUT2D eigenvalue weighted by molar-refractivity contribution is 0.0691. The van der Waals surface area contributed by atoms with E-state index >= 15 is 0 Å². The van der Waals surface area contributed by atoms with Gasteiger partial charge in [0.2, 0.25) is 0 Å². The Bertz CT molecular complexity index is 1330. The van der Waals surface area contributed by atoms with Crippen LogP contribution >= 0.6 is 11.3 Å². The van der Waals surface area contributed by atoms with Crippen molar-refractivity contribution in [2.75, 3.05) is 11.8 Å². The van der Waals surface area contributed by atoms with Gasteiger partial charge in [-0.25, -0.2) is 14.2 Å². The summed E-state index contributed by atoms with van der Waals surface area (Å²) in [6.45, 7) is 0. The number of carboxylic acids is 1. The van der Waals surface area contributed by atoms with Gasteiger partial charge in [-0.3, -0.25) is 4.72 Å². The zero-order valence-corrected chi connectivity index (χ0v) is 20.0. The Kier molecular flexibility index (Phi) is 5.81. The highest BCUT2D eigenvalue weighted by Gasteiger charge is 2.42. The Hall–Kier alpha value is -2.98. The van der Waals surface area contributed by atoms with E-state index in [4.69, 9.17) is 9.84 Å². The first kappa shape index (κ1) is 22.8. The van der Waals surface area contributed by atoms with Crippen LogP contribution in [0.2, 0.25) is 0 Å². The molecule has 0 atom stereocenters. The average molecular weight is 503 g/mol. The molecule has 0 saturated heterocycles. The highest BCUT2D eigenvalue weighted by Crippen LogP contribution is 2.54. The molecule has 2 N–H and O–H groups in total. The first-order chi connectivity index (χ1) is 16.3. The fourth-order valence-corrected chi connectivity index (χ4v) is 7.48. The lowest BCUT2D eigenvalue weighted by Crippen LogP contribution is -2.15. The first-order valence-electron chi connectivity index (χ1n) is 11.0. The summed E-state index contributed by atoms with van der Waals surface area (Å²) >= 11 is 1.20. The summed E-state index contributed by atoms with van der Waals surface area (Å²) in [7, 11) is -2.92. The molecule has 3 aromatic rings. The van der Waals surface area contributed by atoms with E-state index in [1.54, 1.807) is 0 Å². The molecule has 34 heavy (non-hydrogen) atoms. The number of benzene rings is 2. The van der Waals surface area contributed by atoms with Gasteiger partial charge in [0, 0.05) is 17.0 Å². The third-order valence-corrected chi connectivity index (χ3v) is 9.19. The predicted molar refractivity (Wildman–Crippen MR) is 126 cm³/mol. The molecule has 2 saturated carbocycles. The van der Waals surface area contributed by atoms with E-state index in [1.165, 1.54) is 55.1 Å². The van der Waals surface area contributed by atoms with E-state index in [0.29, 0.717) is 10.9 Å². The molecular formula is C24H23FN2O5S2. The van der Waals surface area contributed by atoms with Crippen molar-refractivity contribution in [3.05, 3.63) is 58.7 Å². The van der Waals surface area contributed by atoms with Crippen LogP contribution in [0.1, 0.15) is 47.5 Å². The minimum atomic E-state index is -4.16. The number of aromatic carboxylic acids is 1. The molecule has 5 rings (SSSR count). The van der Waals surface area contributed by atoms with E-state index in [1.807, 2.05) is 12.1 Å². The number of hydrogen-bond acceptors (Lipinski definition) is 6. The van der Waals surface area contributed by atoms with Crippen LogP contribution in [0, 0.1) is 17.7 Å². The highest BCUT2D eigenvalue weighted by atomic mass is 32.2. The number of ether oxygens (including phenoxy) is 1. The van der Waals surface area contributed by atoms with Gasteiger partial charge in [-0.15, -0.1) is 11.3 Å². The molecule has 2 aliphatic carbocycles. The van der Waals surface area contributed by atoms with Crippen LogP contribution in [0.15, 0.2) is 46.8 Å². The van der Waals surface area contributed by atoms with Crippen molar-refractivity contribution < 1.29 is 27.4 Å². The van der Waals surface area contributed by atoms with Gasteiger partial charge in [-0.1, -0.05) is 24.3 Å². The third kappa shape index (κ3) is 4.05. The number of sulfonamides is 1. The molecule has 2 bridgehead atoms. The maximum absolute atomic E-state index is 14.1. The average Bonchev–Trinajstić information content (AvgIpc) is 3.55. The van der Waals surface area contributed by atoms with Crippen molar-refractivity contribution >= 4 is 33.0 Å². The highest BCUT2D eigenvalue weighted by molar-refractivity contribution is 7.92. The predicted octanol–water partition coefficient (Wildman–Crippen LogP) is 5.36. The number of rotatable bonds is 7. The third-order valence-electron chi connectivity index (χ3n) is 6.90. The van der Waals surface area contributed by atoms with Crippen LogP contribution in [0.25, 0.3) is 10.6 Å². The van der Waals surface area contributed by atoms with E-state index in [-0.39, 0.29) is 16.5 Å². The zero-order valence-electron chi connectivity index (χ0n) is 18.3. The number of nitrogens with one attached hydrogen (secondary N) is 1. The number of methoxy groups -OCH3 is 1. The Balaban J connectivity index is 1.37. The normalized spacial score (nSPS) is 21.5. The van der Waals surface area contributed by atoms with Gasteiger partial charge in [-0.2, -0.15) is 8.42 Å². The number of carboxylic acid groups (broad SMARTS) is 1. The quantitative estimate of drug-likeness (QED) is 0.451. The molecule has 0 spiro atoms. The molecule has 0 aliphatic heterocycles. The van der Waals surface area contributed by atoms with Crippen molar-refractivity contribution in [3.8, 4) is 16.3 Å². The number of anilines is 1. The molecule has 10 heteroatoms. The molecule has 178 valence electrons. The molecule has 2 fully saturated rings. The second-order valence-electron chi connectivity index (χ2n) is 8.76. The molecule has 7 nitrogen and oxygen atoms in total. The SMILES string of the molecule is COc1cc(C(=O)O)c(F)cc1NS(=O)(=O)c1csc(-c2ccc(C3C4CCC3CC4)cc2)n1. The van der Waals surface area contributed by atoms with E-state index in [2.05, 4.69) is 21.8 Å². The minimum Gasteiger partial charge on any atom is -0.495 e. The Labute approximate surface area is 200 Å². The molecule has 2 aliphatic rings. The molecule has 1 heterocycles. The fraction of sp³-hybridized carbons (Fsp3) is 0.333. The number of halogens is 1. The van der Waals surface area contributed by atoms with Crippen LogP contribution in [0.4, 0.5) is 10.1 Å². The summed E-state index contributed by atoms with van der Waals surface area (Å²) in [5, 5.41) is 10.8. The lowest BCUT2D eigenvalue weighted by Gasteiger charge is -2.16. The van der Waals surface area contributed by atoms with Crippen molar-refractivity contribution in [3.63, 3.8) is 0 Å². The first-order valence-corrected chi connectivity index (χ1v) is 13.3. The number of carbonyl (C=O) groups is 1. The molecule has 0 radical (unpaired) electrons. The summed E-state index contributed by atoms with van der Waals surface area (Å²) in [6.07, 6.45) is 5.24. The molecule has 1 aromatic heterocycles. The smallest absolute Gasteiger partial charge is 0.338 e. The van der Waals surface area contributed by atoms with Crippen LogP contribution in [0.5, 0.6) is 5.75 Å². The summed E-state index contributed by atoms with van der Waals surface area (Å²) < 4.78 is 47.2. The maximum atomic E-state index is 14.1. The standard InChI is InChI=1S/C24H23FN2O5S2/c1-32-20-10-17(24(28)29)18(25)11-19(20)27-34(30,31)21-12-33-23(26-21)16-8-6-15(7-9-16)22-13-2-3-14(22)5-4-13/h6-14,22,27H,2-5H2,1H3,(H,28,29). The van der Waals surface area contributed by atoms with Gasteiger partial charge in [0.1, 0.15) is 16.6 Å². The number of aromatic nitrogens is 1. The lowest BCUT2D eigenvalue weighted by atomic mass is 9.89. The molecule has 2 aromatic carbocycles. The van der Waals surface area contributed by atoms with Gasteiger partial charge < -0.3 is 9.84 Å². The van der Waals surface area contributed by atoms with E-state index < -0.39 is 27.4 Å². The zero-order chi connectivity index (χ0) is 24.0. The number of fused-ring (bicyclic) bond motifs is 2. The summed E-state index contributed by atoms with van der Waals surface area (Å²) in [5.74, 6) is -0.487. The monoisotopic (exact) mass is 502 g/mol. The largest absolute Gasteiger partial charge is 0.495 e. The van der Waals surface area contributed by atoms with Crippen molar-refractivity contribution in [2.24, 2.45) is 11.8 Å². The molecular weight excluding hydrogens is 479 g/mol. The summed E-state index contributed by atoms with van der Waals surface area (Å²) in [6, 6.07) is 9.93. The molecule has 0 amide bonds. The van der Waals surface area contributed by atoms with Gasteiger partial charge in [0.05, 0.1) is 18.4 Å². The van der Waals surface area contributed by atoms with Crippen LogP contribution in [0.3, 0.4) is 0 Å². The number of thiazole rings is 1. The summed E-state index contributed by atoms with van der Waals surface area (Å²) in [4.78, 5) is 15.4. The van der Waals surface area contributed by atoms with Crippen molar-refractivity contribution in [1.82, 2.24) is 4.98 Å². The van der Waals surface area contributed by atoms with Gasteiger partial charge in [0.25, 0.3) is 10.0 Å². The Morgan fingerprint density at radius 1 is 1.15 bits per heavy atom.